The Balaban J connectivity index is 1.77. The van der Waals surface area contributed by atoms with Gasteiger partial charge in [0, 0.05) is 13.2 Å². The minimum Gasteiger partial charge on any atom is -0.385 e. The molecule has 2 aromatic heterocycles. The molecule has 3 rings (SSSR count). The summed E-state index contributed by atoms with van der Waals surface area (Å²) in [5, 5.41) is 10.1. The number of amides is 1. The highest BCUT2D eigenvalue weighted by molar-refractivity contribution is 5.76. The Bertz CT molecular complexity index is 956. The van der Waals surface area contributed by atoms with Gasteiger partial charge in [-0.2, -0.15) is 0 Å². The first-order chi connectivity index (χ1) is 12.0. The molecule has 3 aromatic rings. The van der Waals surface area contributed by atoms with Crippen molar-refractivity contribution in [1.82, 2.24) is 19.5 Å². The van der Waals surface area contributed by atoms with Crippen molar-refractivity contribution in [3.05, 3.63) is 64.2 Å². The Hall–Kier alpha value is -3.09. The molecule has 1 amide bonds. The highest BCUT2D eigenvalue weighted by Gasteiger charge is 2.15. The van der Waals surface area contributed by atoms with E-state index >= 15 is 0 Å². The van der Waals surface area contributed by atoms with E-state index in [9.17, 15) is 9.59 Å². The molecule has 0 radical (unpaired) electrons. The van der Waals surface area contributed by atoms with Gasteiger partial charge in [-0.05, 0) is 31.5 Å². The summed E-state index contributed by atoms with van der Waals surface area (Å²) in [4.78, 5) is 24.7. The van der Waals surface area contributed by atoms with E-state index in [-0.39, 0.29) is 24.2 Å². The summed E-state index contributed by atoms with van der Waals surface area (Å²) in [6.45, 7) is 3.80. The van der Waals surface area contributed by atoms with E-state index in [2.05, 4.69) is 15.7 Å². The van der Waals surface area contributed by atoms with Crippen LogP contribution in [-0.4, -0.2) is 27.1 Å². The molecule has 0 unspecified atom stereocenters. The standard InChI is InChI=1S/C18H21N5O2/c1-12-6-8-14(9-7-12)13(2)20-16(24)11-23-18(25)22-10-4-5-15(19-3)17(22)21-23/h4-10,13,19H,11H2,1-3H3,(H,20,24)/t13-/m0/s1. The minimum atomic E-state index is -0.342. The smallest absolute Gasteiger partial charge is 0.350 e. The van der Waals surface area contributed by atoms with Gasteiger partial charge in [0.05, 0.1) is 11.7 Å². The van der Waals surface area contributed by atoms with Crippen molar-refractivity contribution in [1.29, 1.82) is 0 Å². The molecule has 7 nitrogen and oxygen atoms in total. The number of fused-ring (bicyclic) bond motifs is 1. The first-order valence-electron chi connectivity index (χ1n) is 8.11. The normalized spacial score (nSPS) is 12.1. The van der Waals surface area contributed by atoms with E-state index in [4.69, 9.17) is 0 Å². The van der Waals surface area contributed by atoms with Crippen LogP contribution in [0.2, 0.25) is 0 Å². The molecule has 7 heteroatoms. The van der Waals surface area contributed by atoms with Crippen molar-refractivity contribution in [3.63, 3.8) is 0 Å². The molecule has 0 saturated heterocycles. The van der Waals surface area contributed by atoms with Gasteiger partial charge in [-0.25, -0.2) is 13.9 Å². The molecule has 0 saturated carbocycles. The van der Waals surface area contributed by atoms with Crippen LogP contribution in [0.15, 0.2) is 47.4 Å². The summed E-state index contributed by atoms with van der Waals surface area (Å²) in [5.74, 6) is -0.260. The number of rotatable bonds is 5. The third-order valence-corrected chi connectivity index (χ3v) is 4.13. The number of nitrogens with zero attached hydrogens (tertiary/aromatic N) is 3. The van der Waals surface area contributed by atoms with Crippen molar-refractivity contribution in [2.45, 2.75) is 26.4 Å². The highest BCUT2D eigenvalue weighted by atomic mass is 16.2. The van der Waals surface area contributed by atoms with Crippen molar-refractivity contribution >= 4 is 17.2 Å². The van der Waals surface area contributed by atoms with Crippen molar-refractivity contribution < 1.29 is 4.79 Å². The van der Waals surface area contributed by atoms with E-state index in [1.54, 1.807) is 19.3 Å². The Morgan fingerprint density at radius 1 is 1.24 bits per heavy atom. The maximum Gasteiger partial charge on any atom is 0.350 e. The quantitative estimate of drug-likeness (QED) is 0.742. The van der Waals surface area contributed by atoms with Crippen LogP contribution in [-0.2, 0) is 11.3 Å². The Morgan fingerprint density at radius 2 is 1.96 bits per heavy atom. The average Bonchev–Trinajstić information content (AvgIpc) is 2.91. The van der Waals surface area contributed by atoms with Crippen LogP contribution in [0.1, 0.15) is 24.1 Å². The van der Waals surface area contributed by atoms with E-state index in [1.165, 1.54) is 14.6 Å². The number of hydrogen-bond donors (Lipinski definition) is 2. The van der Waals surface area contributed by atoms with Gasteiger partial charge in [-0.1, -0.05) is 29.8 Å². The van der Waals surface area contributed by atoms with Crippen molar-refractivity contribution in [2.24, 2.45) is 0 Å². The number of aromatic nitrogens is 3. The van der Waals surface area contributed by atoms with E-state index in [1.807, 2.05) is 44.2 Å². The van der Waals surface area contributed by atoms with Gasteiger partial charge in [0.25, 0.3) is 0 Å². The van der Waals surface area contributed by atoms with Gasteiger partial charge in [-0.3, -0.25) is 4.79 Å². The fourth-order valence-corrected chi connectivity index (χ4v) is 2.70. The zero-order chi connectivity index (χ0) is 18.0. The lowest BCUT2D eigenvalue weighted by molar-refractivity contribution is -0.122. The van der Waals surface area contributed by atoms with Crippen LogP contribution in [0, 0.1) is 6.92 Å². The number of aryl methyl sites for hydroxylation is 1. The molecule has 1 atom stereocenters. The molecule has 2 heterocycles. The number of carbonyl (C=O) groups is 1. The lowest BCUT2D eigenvalue weighted by Gasteiger charge is -2.14. The topological polar surface area (TPSA) is 80.4 Å². The number of benzene rings is 1. The summed E-state index contributed by atoms with van der Waals surface area (Å²) in [5.41, 5.74) is 3.06. The predicted octanol–water partition coefficient (Wildman–Crippen LogP) is 1.72. The summed E-state index contributed by atoms with van der Waals surface area (Å²) < 4.78 is 2.59. The molecule has 1 aromatic carbocycles. The number of carbonyl (C=O) groups excluding carboxylic acids is 1. The molecule has 0 aliphatic rings. The maximum absolute atomic E-state index is 12.4. The first-order valence-corrected chi connectivity index (χ1v) is 8.11. The van der Waals surface area contributed by atoms with Crippen LogP contribution >= 0.6 is 0 Å². The molecular formula is C18H21N5O2. The molecule has 130 valence electrons. The SMILES string of the molecule is CNc1cccn2c(=O)n(CC(=O)N[C@@H](C)c3ccc(C)cc3)nc12. The molecule has 2 N–H and O–H groups in total. The average molecular weight is 339 g/mol. The molecule has 0 bridgehead atoms. The first kappa shape index (κ1) is 16.8. The second-order valence-electron chi connectivity index (χ2n) is 6.01. The maximum atomic E-state index is 12.4. The van der Waals surface area contributed by atoms with Gasteiger partial charge in [0.1, 0.15) is 6.54 Å². The molecule has 0 fully saturated rings. The number of anilines is 1. The summed E-state index contributed by atoms with van der Waals surface area (Å²) in [7, 11) is 1.76. The predicted molar refractivity (Wildman–Crippen MR) is 96.7 cm³/mol. The fraction of sp³-hybridized carbons (Fsp3) is 0.278. The van der Waals surface area contributed by atoms with Crippen LogP contribution in [0.25, 0.3) is 5.65 Å². The Morgan fingerprint density at radius 3 is 2.64 bits per heavy atom. The zero-order valence-electron chi connectivity index (χ0n) is 14.5. The van der Waals surface area contributed by atoms with Gasteiger partial charge < -0.3 is 10.6 Å². The lowest BCUT2D eigenvalue weighted by atomic mass is 10.1. The summed E-state index contributed by atoms with van der Waals surface area (Å²) >= 11 is 0. The Kier molecular flexibility index (Phi) is 4.56. The number of pyridine rings is 1. The number of hydrogen-bond acceptors (Lipinski definition) is 4. The van der Waals surface area contributed by atoms with Crippen molar-refractivity contribution in [2.75, 3.05) is 12.4 Å². The van der Waals surface area contributed by atoms with Gasteiger partial charge >= 0.3 is 5.69 Å². The molecular weight excluding hydrogens is 318 g/mol. The zero-order valence-corrected chi connectivity index (χ0v) is 14.5. The van der Waals surface area contributed by atoms with Crippen molar-refractivity contribution in [3.8, 4) is 0 Å². The third kappa shape index (κ3) is 3.40. The van der Waals surface area contributed by atoms with Gasteiger partial charge in [0.15, 0.2) is 5.65 Å². The van der Waals surface area contributed by atoms with E-state index in [0.29, 0.717) is 5.65 Å². The minimum absolute atomic E-state index is 0.125. The van der Waals surface area contributed by atoms with Gasteiger partial charge in [0.2, 0.25) is 5.91 Å². The largest absolute Gasteiger partial charge is 0.385 e. The van der Waals surface area contributed by atoms with Crippen LogP contribution in [0.3, 0.4) is 0 Å². The van der Waals surface area contributed by atoms with Gasteiger partial charge in [-0.15, -0.1) is 5.10 Å². The Labute approximate surface area is 145 Å². The van der Waals surface area contributed by atoms with E-state index < -0.39 is 0 Å². The van der Waals surface area contributed by atoms with Crippen LogP contribution < -0.4 is 16.3 Å². The molecule has 25 heavy (non-hydrogen) atoms. The number of nitrogens with one attached hydrogen (secondary N) is 2. The monoisotopic (exact) mass is 339 g/mol. The molecule has 0 aliphatic heterocycles. The van der Waals surface area contributed by atoms with Crippen LogP contribution in [0.4, 0.5) is 5.69 Å². The molecule has 0 spiro atoms. The second kappa shape index (κ2) is 6.80. The highest BCUT2D eigenvalue weighted by Crippen LogP contribution is 2.13. The second-order valence-corrected chi connectivity index (χ2v) is 6.01. The van der Waals surface area contributed by atoms with E-state index in [0.717, 1.165) is 11.3 Å². The summed E-state index contributed by atoms with van der Waals surface area (Å²) in [6.07, 6.45) is 1.63. The third-order valence-electron chi connectivity index (χ3n) is 4.13. The fourth-order valence-electron chi connectivity index (χ4n) is 2.70. The molecule has 0 aliphatic carbocycles. The lowest BCUT2D eigenvalue weighted by Crippen LogP contribution is -2.34. The summed E-state index contributed by atoms with van der Waals surface area (Å²) in [6, 6.07) is 11.4. The van der Waals surface area contributed by atoms with Crippen LogP contribution in [0.5, 0.6) is 0 Å².